The molecule has 0 aliphatic rings. The predicted molar refractivity (Wildman–Crippen MR) is 136 cm³/mol. The van der Waals surface area contributed by atoms with Crippen molar-refractivity contribution in [1.82, 2.24) is 0 Å². The Labute approximate surface area is 209 Å². The molecule has 0 radical (unpaired) electrons. The van der Waals surface area contributed by atoms with Gasteiger partial charge in [-0.25, -0.2) is 0 Å². The maximum absolute atomic E-state index is 5.93. The second-order valence-electron chi connectivity index (χ2n) is 11.6. The molecule has 0 aliphatic heterocycles. The lowest BCUT2D eigenvalue weighted by molar-refractivity contribution is -0.904. The van der Waals surface area contributed by atoms with E-state index in [1.807, 2.05) is 0 Å². The minimum atomic E-state index is 0. The highest BCUT2D eigenvalue weighted by atomic mass is 35.5. The van der Waals surface area contributed by atoms with E-state index >= 15 is 0 Å². The summed E-state index contributed by atoms with van der Waals surface area (Å²) in [4.78, 5) is 0. The SMILES string of the molecule is CC(C)C(C)(CC(C)(C)C)c1ccc(OCCOCC[N+](C)(C)Cc2ccccc2)cc1.[Cl-]. The molecule has 2 rings (SSSR count). The molecule has 4 heteroatoms. The molecule has 1 unspecified atom stereocenters. The highest BCUT2D eigenvalue weighted by molar-refractivity contribution is 5.32. The lowest BCUT2D eigenvalue weighted by Crippen LogP contribution is -3.00. The number of hydrogen-bond donors (Lipinski definition) is 0. The molecule has 0 bridgehead atoms. The molecule has 0 amide bonds. The molecule has 0 aromatic heterocycles. The number of benzene rings is 2. The zero-order valence-corrected chi connectivity index (χ0v) is 22.9. The van der Waals surface area contributed by atoms with Crippen molar-refractivity contribution in [2.75, 3.05) is 40.5 Å². The van der Waals surface area contributed by atoms with Gasteiger partial charge in [0.2, 0.25) is 0 Å². The molecular weight excluding hydrogens is 430 g/mol. The topological polar surface area (TPSA) is 18.5 Å². The summed E-state index contributed by atoms with van der Waals surface area (Å²) in [5, 5.41) is 0. The zero-order chi connectivity index (χ0) is 23.8. The second kappa shape index (κ2) is 12.8. The van der Waals surface area contributed by atoms with E-state index in [0.717, 1.165) is 36.3 Å². The van der Waals surface area contributed by atoms with Gasteiger partial charge in [-0.3, -0.25) is 0 Å². The fourth-order valence-corrected chi connectivity index (χ4v) is 4.46. The number of quaternary nitrogens is 1. The van der Waals surface area contributed by atoms with E-state index in [1.165, 1.54) is 11.1 Å². The van der Waals surface area contributed by atoms with Crippen LogP contribution in [-0.4, -0.2) is 44.9 Å². The van der Waals surface area contributed by atoms with E-state index in [9.17, 15) is 0 Å². The average molecular weight is 476 g/mol. The van der Waals surface area contributed by atoms with Gasteiger partial charge in [-0.15, -0.1) is 0 Å². The monoisotopic (exact) mass is 475 g/mol. The minimum absolute atomic E-state index is 0. The Morgan fingerprint density at radius 2 is 1.42 bits per heavy atom. The van der Waals surface area contributed by atoms with Crippen molar-refractivity contribution in [1.29, 1.82) is 0 Å². The van der Waals surface area contributed by atoms with E-state index in [0.29, 0.717) is 24.5 Å². The molecule has 1 atom stereocenters. The summed E-state index contributed by atoms with van der Waals surface area (Å²) in [6.07, 6.45) is 1.16. The second-order valence-corrected chi connectivity index (χ2v) is 11.6. The first-order valence-corrected chi connectivity index (χ1v) is 12.1. The number of halogens is 1. The standard InChI is InChI=1S/C29H46NO2.ClH/c1-24(2)29(6,23-28(3,4)5)26-14-16-27(17-15-26)32-21-20-31-19-18-30(7,8)22-25-12-10-9-11-13-25;/h9-17,24H,18-23H2,1-8H3;1H/q+1;/p-1. The van der Waals surface area contributed by atoms with Crippen molar-refractivity contribution < 1.29 is 26.4 Å². The Balaban J connectivity index is 0.00000544. The van der Waals surface area contributed by atoms with Crippen LogP contribution in [0.4, 0.5) is 0 Å². The third kappa shape index (κ3) is 10.1. The van der Waals surface area contributed by atoms with Gasteiger partial charge in [0.15, 0.2) is 0 Å². The van der Waals surface area contributed by atoms with Gasteiger partial charge in [-0.1, -0.05) is 84.0 Å². The molecular formula is C29H46ClNO2. The van der Waals surface area contributed by atoms with Crippen LogP contribution < -0.4 is 17.1 Å². The Kier molecular flexibility index (Phi) is 11.4. The number of hydrogen-bond acceptors (Lipinski definition) is 2. The van der Waals surface area contributed by atoms with Crippen molar-refractivity contribution >= 4 is 0 Å². The van der Waals surface area contributed by atoms with E-state index in [2.05, 4.69) is 110 Å². The highest BCUT2D eigenvalue weighted by Gasteiger charge is 2.34. The van der Waals surface area contributed by atoms with Crippen molar-refractivity contribution in [2.45, 2.75) is 59.9 Å². The lowest BCUT2D eigenvalue weighted by Gasteiger charge is -2.40. The molecule has 2 aromatic rings. The summed E-state index contributed by atoms with van der Waals surface area (Å²) in [5.41, 5.74) is 3.20. The summed E-state index contributed by atoms with van der Waals surface area (Å²) in [7, 11) is 4.50. The van der Waals surface area contributed by atoms with Gasteiger partial charge in [0, 0.05) is 5.56 Å². The van der Waals surface area contributed by atoms with Crippen LogP contribution in [0, 0.1) is 11.3 Å². The Hall–Kier alpha value is -1.55. The minimum Gasteiger partial charge on any atom is -1.00 e. The van der Waals surface area contributed by atoms with E-state index in [4.69, 9.17) is 9.47 Å². The van der Waals surface area contributed by atoms with Crippen LogP contribution >= 0.6 is 0 Å². The maximum atomic E-state index is 5.93. The molecule has 0 aliphatic carbocycles. The number of likely N-dealkylation sites (N-methyl/N-ethyl adjacent to an activating group) is 1. The smallest absolute Gasteiger partial charge is 0.119 e. The fourth-order valence-electron chi connectivity index (χ4n) is 4.46. The van der Waals surface area contributed by atoms with Crippen LogP contribution in [0.5, 0.6) is 5.75 Å². The largest absolute Gasteiger partial charge is 1.00 e. The highest BCUT2D eigenvalue weighted by Crippen LogP contribution is 2.42. The summed E-state index contributed by atoms with van der Waals surface area (Å²) in [6, 6.07) is 19.3. The normalized spacial score (nSPS) is 14.0. The number of ether oxygens (including phenoxy) is 2. The van der Waals surface area contributed by atoms with Crippen LogP contribution in [0.25, 0.3) is 0 Å². The third-order valence-electron chi connectivity index (χ3n) is 6.48. The molecule has 3 nitrogen and oxygen atoms in total. The van der Waals surface area contributed by atoms with Gasteiger partial charge in [-0.2, -0.15) is 0 Å². The van der Waals surface area contributed by atoms with Crippen molar-refractivity contribution in [3.63, 3.8) is 0 Å². The Bertz CT molecular complexity index is 797. The van der Waals surface area contributed by atoms with Gasteiger partial charge in [-0.05, 0) is 40.9 Å². The predicted octanol–water partition coefficient (Wildman–Crippen LogP) is 3.71. The molecule has 0 saturated carbocycles. The van der Waals surface area contributed by atoms with Crippen LogP contribution in [-0.2, 0) is 16.7 Å². The van der Waals surface area contributed by atoms with Crippen LogP contribution in [0.3, 0.4) is 0 Å². The molecule has 0 heterocycles. The third-order valence-corrected chi connectivity index (χ3v) is 6.48. The van der Waals surface area contributed by atoms with E-state index < -0.39 is 0 Å². The maximum Gasteiger partial charge on any atom is 0.119 e. The molecule has 186 valence electrons. The Morgan fingerprint density at radius 3 is 1.97 bits per heavy atom. The van der Waals surface area contributed by atoms with E-state index in [1.54, 1.807) is 0 Å². The molecule has 33 heavy (non-hydrogen) atoms. The first-order chi connectivity index (χ1) is 14.9. The van der Waals surface area contributed by atoms with Gasteiger partial charge >= 0.3 is 0 Å². The van der Waals surface area contributed by atoms with Gasteiger partial charge in [0.05, 0.1) is 27.3 Å². The van der Waals surface area contributed by atoms with Gasteiger partial charge in [0.1, 0.15) is 25.4 Å². The quantitative estimate of drug-likeness (QED) is 0.344. The van der Waals surface area contributed by atoms with Crippen LogP contribution in [0.2, 0.25) is 0 Å². The first kappa shape index (κ1) is 29.5. The van der Waals surface area contributed by atoms with Crippen molar-refractivity contribution in [3.05, 3.63) is 65.7 Å². The molecule has 2 aromatic carbocycles. The average Bonchev–Trinajstić information content (AvgIpc) is 2.70. The summed E-state index contributed by atoms with van der Waals surface area (Å²) >= 11 is 0. The fraction of sp³-hybridized carbons (Fsp3) is 0.586. The molecule has 0 N–H and O–H groups in total. The summed E-state index contributed by atoms with van der Waals surface area (Å²) < 4.78 is 12.7. The Morgan fingerprint density at radius 1 is 0.818 bits per heavy atom. The first-order valence-electron chi connectivity index (χ1n) is 12.1. The van der Waals surface area contributed by atoms with Crippen molar-refractivity contribution in [2.24, 2.45) is 11.3 Å². The number of nitrogens with zero attached hydrogens (tertiary/aromatic N) is 1. The summed E-state index contributed by atoms with van der Waals surface area (Å²) in [5.74, 6) is 1.49. The molecule has 0 saturated heterocycles. The summed E-state index contributed by atoms with van der Waals surface area (Å²) in [6.45, 7) is 17.9. The van der Waals surface area contributed by atoms with Crippen molar-refractivity contribution in [3.8, 4) is 5.75 Å². The lowest BCUT2D eigenvalue weighted by atomic mass is 9.65. The zero-order valence-electron chi connectivity index (χ0n) is 22.2. The van der Waals surface area contributed by atoms with Crippen LogP contribution in [0.1, 0.15) is 59.1 Å². The molecule has 0 spiro atoms. The van der Waals surface area contributed by atoms with Gasteiger partial charge < -0.3 is 26.4 Å². The van der Waals surface area contributed by atoms with Gasteiger partial charge in [0.25, 0.3) is 0 Å². The van der Waals surface area contributed by atoms with Crippen LogP contribution in [0.15, 0.2) is 54.6 Å². The van der Waals surface area contributed by atoms with E-state index in [-0.39, 0.29) is 17.8 Å². The number of rotatable bonds is 12. The molecule has 0 fully saturated rings.